The molecule has 5 nitrogen and oxygen atoms in total. The second-order valence-electron chi connectivity index (χ2n) is 7.36. The maximum Gasteiger partial charge on any atom is 0.335 e. The summed E-state index contributed by atoms with van der Waals surface area (Å²) in [6, 6.07) is 5.06. The van der Waals surface area contributed by atoms with Crippen LogP contribution in [0.2, 0.25) is 0 Å². The van der Waals surface area contributed by atoms with E-state index in [1.165, 1.54) is 0 Å². The summed E-state index contributed by atoms with van der Waals surface area (Å²) < 4.78 is 5.69. The topological polar surface area (TPSA) is 75.6 Å². The third kappa shape index (κ3) is 3.78. The van der Waals surface area contributed by atoms with Gasteiger partial charge in [-0.2, -0.15) is 0 Å². The minimum atomic E-state index is -0.989. The van der Waals surface area contributed by atoms with Gasteiger partial charge in [-0.25, -0.2) is 9.59 Å². The third-order valence-electron chi connectivity index (χ3n) is 4.29. The van der Waals surface area contributed by atoms with Gasteiger partial charge in [0.15, 0.2) is 0 Å². The lowest BCUT2D eigenvalue weighted by Gasteiger charge is -2.40. The molecule has 1 aromatic rings. The van der Waals surface area contributed by atoms with Crippen molar-refractivity contribution >= 4 is 11.9 Å². The van der Waals surface area contributed by atoms with Gasteiger partial charge in [-0.05, 0) is 56.9 Å². The Kier molecular flexibility index (Phi) is 5.33. The van der Waals surface area contributed by atoms with Crippen LogP contribution in [0.4, 0.5) is 0 Å². The number of carboxylic acids is 1. The zero-order valence-corrected chi connectivity index (χ0v) is 14.9. The predicted molar refractivity (Wildman–Crippen MR) is 92.2 cm³/mol. The molecular formula is C19H27NO4. The number of fused-ring (bicyclic) bond motifs is 1. The standard InChI is InChI=1S/C19H27NO4/c1-5-6-10-19(17(23)24-18(2,3)4)15-12-14(16(21)22)8-7-13(15)9-11-20-19/h7-8,12,20H,5-6,9-11H2,1-4H3,(H,21,22). The first kappa shape index (κ1) is 18.5. The number of carboxylic acid groups (broad SMARTS) is 1. The largest absolute Gasteiger partial charge is 0.478 e. The highest BCUT2D eigenvalue weighted by Crippen LogP contribution is 2.36. The Morgan fingerprint density at radius 3 is 2.62 bits per heavy atom. The molecule has 0 spiro atoms. The summed E-state index contributed by atoms with van der Waals surface area (Å²) in [6.45, 7) is 8.27. The van der Waals surface area contributed by atoms with Crippen LogP contribution in [0.3, 0.4) is 0 Å². The van der Waals surface area contributed by atoms with Gasteiger partial charge in [0.2, 0.25) is 0 Å². The van der Waals surface area contributed by atoms with E-state index in [9.17, 15) is 14.7 Å². The molecule has 1 atom stereocenters. The Hall–Kier alpha value is -1.88. The Bertz CT molecular complexity index is 633. The third-order valence-corrected chi connectivity index (χ3v) is 4.29. The first-order valence-electron chi connectivity index (χ1n) is 8.55. The first-order chi connectivity index (χ1) is 11.2. The van der Waals surface area contributed by atoms with Crippen molar-refractivity contribution in [3.8, 4) is 0 Å². The molecule has 0 saturated carbocycles. The quantitative estimate of drug-likeness (QED) is 0.809. The normalized spacial score (nSPS) is 20.3. The van der Waals surface area contributed by atoms with Crippen molar-refractivity contribution in [2.75, 3.05) is 6.54 Å². The number of hydrogen-bond donors (Lipinski definition) is 2. The molecule has 1 aromatic carbocycles. The molecule has 1 aliphatic heterocycles. The lowest BCUT2D eigenvalue weighted by molar-refractivity contribution is -0.164. The number of hydrogen-bond acceptors (Lipinski definition) is 4. The van der Waals surface area contributed by atoms with Crippen molar-refractivity contribution in [1.82, 2.24) is 5.32 Å². The maximum absolute atomic E-state index is 13.1. The molecular weight excluding hydrogens is 306 g/mol. The van der Waals surface area contributed by atoms with Crippen LogP contribution in [0.1, 0.15) is 68.4 Å². The average Bonchev–Trinajstić information content (AvgIpc) is 2.50. The molecule has 0 aromatic heterocycles. The van der Waals surface area contributed by atoms with Gasteiger partial charge in [-0.3, -0.25) is 5.32 Å². The van der Waals surface area contributed by atoms with Crippen LogP contribution in [0.5, 0.6) is 0 Å². The van der Waals surface area contributed by atoms with Crippen molar-refractivity contribution < 1.29 is 19.4 Å². The van der Waals surface area contributed by atoms with Crippen LogP contribution in [-0.2, 0) is 21.5 Å². The van der Waals surface area contributed by atoms with Crippen LogP contribution in [0, 0.1) is 0 Å². The van der Waals surface area contributed by atoms with Crippen molar-refractivity contribution in [2.24, 2.45) is 0 Å². The van der Waals surface area contributed by atoms with Gasteiger partial charge in [0.05, 0.1) is 5.56 Å². The fraction of sp³-hybridized carbons (Fsp3) is 0.579. The zero-order chi connectivity index (χ0) is 18.0. The van der Waals surface area contributed by atoms with E-state index in [0.717, 1.165) is 30.4 Å². The highest BCUT2D eigenvalue weighted by molar-refractivity contribution is 5.90. The van der Waals surface area contributed by atoms with E-state index >= 15 is 0 Å². The number of esters is 1. The summed E-state index contributed by atoms with van der Waals surface area (Å²) in [4.78, 5) is 24.4. The van der Waals surface area contributed by atoms with Crippen molar-refractivity contribution in [3.05, 3.63) is 34.9 Å². The highest BCUT2D eigenvalue weighted by atomic mass is 16.6. The minimum absolute atomic E-state index is 0.196. The average molecular weight is 333 g/mol. The van der Waals surface area contributed by atoms with E-state index < -0.39 is 17.1 Å². The first-order valence-corrected chi connectivity index (χ1v) is 8.55. The number of benzene rings is 1. The maximum atomic E-state index is 13.1. The highest BCUT2D eigenvalue weighted by Gasteiger charge is 2.45. The molecule has 2 rings (SSSR count). The Morgan fingerprint density at radius 2 is 2.04 bits per heavy atom. The molecule has 1 heterocycles. The van der Waals surface area contributed by atoms with Gasteiger partial charge < -0.3 is 9.84 Å². The fourth-order valence-electron chi connectivity index (χ4n) is 3.14. The molecule has 1 aliphatic rings. The van der Waals surface area contributed by atoms with Crippen LogP contribution < -0.4 is 5.32 Å². The summed E-state index contributed by atoms with van der Waals surface area (Å²) in [5.41, 5.74) is 0.390. The second kappa shape index (κ2) is 6.93. The Morgan fingerprint density at radius 1 is 1.33 bits per heavy atom. The fourth-order valence-corrected chi connectivity index (χ4v) is 3.14. The van der Waals surface area contributed by atoms with E-state index in [-0.39, 0.29) is 11.5 Å². The number of carbonyl (C=O) groups is 2. The number of rotatable bonds is 5. The number of unbranched alkanes of at least 4 members (excludes halogenated alkanes) is 1. The molecule has 0 fully saturated rings. The van der Waals surface area contributed by atoms with Crippen molar-refractivity contribution in [1.29, 1.82) is 0 Å². The van der Waals surface area contributed by atoms with Gasteiger partial charge in [-0.15, -0.1) is 0 Å². The number of ether oxygens (including phenoxy) is 1. The molecule has 0 amide bonds. The smallest absolute Gasteiger partial charge is 0.335 e. The summed E-state index contributed by atoms with van der Waals surface area (Å²) >= 11 is 0. The van der Waals surface area contributed by atoms with E-state index in [0.29, 0.717) is 13.0 Å². The summed E-state index contributed by atoms with van der Waals surface area (Å²) in [7, 11) is 0. The molecule has 1 unspecified atom stereocenters. The Balaban J connectivity index is 2.54. The zero-order valence-electron chi connectivity index (χ0n) is 14.9. The van der Waals surface area contributed by atoms with Crippen LogP contribution in [-0.4, -0.2) is 29.2 Å². The number of nitrogens with one attached hydrogen (secondary N) is 1. The molecule has 0 aliphatic carbocycles. The SMILES string of the molecule is CCCCC1(C(=O)OC(C)(C)C)NCCc2ccc(C(=O)O)cc21. The molecule has 132 valence electrons. The number of aromatic carboxylic acids is 1. The van der Waals surface area contributed by atoms with E-state index in [4.69, 9.17) is 4.74 Å². The molecule has 0 bridgehead atoms. The minimum Gasteiger partial charge on any atom is -0.478 e. The van der Waals surface area contributed by atoms with Gasteiger partial charge in [0.25, 0.3) is 0 Å². The van der Waals surface area contributed by atoms with E-state index in [1.54, 1.807) is 12.1 Å². The van der Waals surface area contributed by atoms with Gasteiger partial charge in [0, 0.05) is 6.54 Å². The van der Waals surface area contributed by atoms with Crippen molar-refractivity contribution in [2.45, 2.75) is 64.5 Å². The van der Waals surface area contributed by atoms with Gasteiger partial charge >= 0.3 is 11.9 Å². The second-order valence-corrected chi connectivity index (χ2v) is 7.36. The predicted octanol–water partition coefficient (Wildman–Crippen LogP) is 3.26. The molecule has 0 radical (unpaired) electrons. The van der Waals surface area contributed by atoms with Crippen LogP contribution in [0.25, 0.3) is 0 Å². The van der Waals surface area contributed by atoms with Gasteiger partial charge in [-0.1, -0.05) is 25.8 Å². The van der Waals surface area contributed by atoms with Gasteiger partial charge in [0.1, 0.15) is 11.1 Å². The van der Waals surface area contributed by atoms with E-state index in [2.05, 4.69) is 12.2 Å². The lowest BCUT2D eigenvalue weighted by Crippen LogP contribution is -2.55. The summed E-state index contributed by atoms with van der Waals surface area (Å²) in [6.07, 6.45) is 3.16. The molecule has 2 N–H and O–H groups in total. The summed E-state index contributed by atoms with van der Waals surface area (Å²) in [5.74, 6) is -1.32. The molecule has 24 heavy (non-hydrogen) atoms. The van der Waals surface area contributed by atoms with Crippen LogP contribution in [0.15, 0.2) is 18.2 Å². The lowest BCUT2D eigenvalue weighted by atomic mass is 9.78. The summed E-state index contributed by atoms with van der Waals surface area (Å²) in [5, 5.41) is 12.7. The molecule has 5 heteroatoms. The Labute approximate surface area is 143 Å². The van der Waals surface area contributed by atoms with Crippen molar-refractivity contribution in [3.63, 3.8) is 0 Å². The van der Waals surface area contributed by atoms with Crippen LogP contribution >= 0.6 is 0 Å². The van der Waals surface area contributed by atoms with E-state index in [1.807, 2.05) is 26.8 Å². The monoisotopic (exact) mass is 333 g/mol. The number of carbonyl (C=O) groups excluding carboxylic acids is 1. The molecule has 0 saturated heterocycles.